The normalized spacial score (nSPS) is 11.4. The average Bonchev–Trinajstić information content (AvgIpc) is 2.29. The van der Waals surface area contributed by atoms with Gasteiger partial charge in [0.25, 0.3) is 0 Å². The van der Waals surface area contributed by atoms with Crippen LogP contribution in [0.3, 0.4) is 0 Å². The van der Waals surface area contributed by atoms with E-state index in [-0.39, 0.29) is 18.1 Å². The molecule has 0 aliphatic heterocycles. The Bertz CT molecular complexity index is 406. The summed E-state index contributed by atoms with van der Waals surface area (Å²) in [6.45, 7) is 1.94. The first-order chi connectivity index (χ1) is 7.90. The molecular weight excluding hydrogens is 255 g/mol. The van der Waals surface area contributed by atoms with E-state index in [2.05, 4.69) is 0 Å². The van der Waals surface area contributed by atoms with Gasteiger partial charge in [-0.15, -0.1) is 11.6 Å². The molecule has 0 atom stereocenters. The van der Waals surface area contributed by atoms with E-state index in [0.717, 1.165) is 12.1 Å². The van der Waals surface area contributed by atoms with Gasteiger partial charge in [-0.05, 0) is 25.1 Å². The highest BCUT2D eigenvalue weighted by Gasteiger charge is 2.31. The summed E-state index contributed by atoms with van der Waals surface area (Å²) in [4.78, 5) is 12.6. The van der Waals surface area contributed by atoms with Crippen molar-refractivity contribution in [2.75, 3.05) is 17.3 Å². The molecule has 94 valence electrons. The van der Waals surface area contributed by atoms with Gasteiger partial charge in [0.2, 0.25) is 5.91 Å². The van der Waals surface area contributed by atoms with E-state index in [1.165, 1.54) is 17.0 Å². The molecule has 0 saturated heterocycles. The van der Waals surface area contributed by atoms with E-state index in [9.17, 15) is 18.0 Å². The summed E-state index contributed by atoms with van der Waals surface area (Å²) in [5, 5.41) is 0. The summed E-state index contributed by atoms with van der Waals surface area (Å²) in [6.07, 6.45) is -4.42. The van der Waals surface area contributed by atoms with Crippen molar-refractivity contribution in [3.63, 3.8) is 0 Å². The molecule has 0 N–H and O–H groups in total. The van der Waals surface area contributed by atoms with Crippen LogP contribution in [0.25, 0.3) is 0 Å². The van der Waals surface area contributed by atoms with Gasteiger partial charge in [0.1, 0.15) is 5.88 Å². The van der Waals surface area contributed by atoms with E-state index in [1.54, 1.807) is 6.92 Å². The van der Waals surface area contributed by atoms with Crippen LogP contribution in [0.2, 0.25) is 0 Å². The second-order valence-electron chi connectivity index (χ2n) is 3.32. The number of benzene rings is 1. The topological polar surface area (TPSA) is 20.3 Å². The van der Waals surface area contributed by atoms with Crippen molar-refractivity contribution in [2.24, 2.45) is 0 Å². The molecule has 0 unspecified atom stereocenters. The van der Waals surface area contributed by atoms with E-state index in [1.807, 2.05) is 0 Å². The summed E-state index contributed by atoms with van der Waals surface area (Å²) >= 11 is 5.39. The van der Waals surface area contributed by atoms with Crippen molar-refractivity contribution in [2.45, 2.75) is 13.1 Å². The second kappa shape index (κ2) is 5.40. The molecule has 1 aromatic rings. The van der Waals surface area contributed by atoms with Crippen LogP contribution in [0.4, 0.5) is 18.9 Å². The Hall–Kier alpha value is -1.23. The molecular formula is C11H11ClF3NO. The zero-order chi connectivity index (χ0) is 13.1. The van der Waals surface area contributed by atoms with Gasteiger partial charge < -0.3 is 4.90 Å². The summed E-state index contributed by atoms with van der Waals surface area (Å²) < 4.78 is 37.5. The lowest BCUT2D eigenvalue weighted by molar-refractivity contribution is -0.137. The molecule has 0 aromatic heterocycles. The maximum atomic E-state index is 12.5. The van der Waals surface area contributed by atoms with Gasteiger partial charge in [0.15, 0.2) is 0 Å². The Kier molecular flexibility index (Phi) is 4.40. The molecule has 1 aromatic carbocycles. The summed E-state index contributed by atoms with van der Waals surface area (Å²) in [5.41, 5.74) is -0.580. The van der Waals surface area contributed by atoms with E-state index >= 15 is 0 Å². The van der Waals surface area contributed by atoms with Gasteiger partial charge in [-0.2, -0.15) is 13.2 Å². The third-order valence-corrected chi connectivity index (χ3v) is 2.45. The zero-order valence-corrected chi connectivity index (χ0v) is 9.85. The quantitative estimate of drug-likeness (QED) is 0.768. The first-order valence-corrected chi connectivity index (χ1v) is 5.47. The van der Waals surface area contributed by atoms with Crippen LogP contribution in [-0.2, 0) is 11.0 Å². The Balaban J connectivity index is 3.10. The minimum Gasteiger partial charge on any atom is -0.312 e. The number of hydrogen-bond donors (Lipinski definition) is 0. The Morgan fingerprint density at radius 2 is 2.06 bits per heavy atom. The fourth-order valence-electron chi connectivity index (χ4n) is 1.43. The first-order valence-electron chi connectivity index (χ1n) is 4.93. The number of alkyl halides is 4. The van der Waals surface area contributed by atoms with E-state index in [4.69, 9.17) is 11.6 Å². The number of nitrogens with zero attached hydrogens (tertiary/aromatic N) is 1. The minimum absolute atomic E-state index is 0.202. The molecule has 0 bridgehead atoms. The summed E-state index contributed by atoms with van der Waals surface area (Å²) in [6, 6.07) is 4.61. The lowest BCUT2D eigenvalue weighted by Crippen LogP contribution is -2.31. The van der Waals surface area contributed by atoms with Gasteiger partial charge in [-0.1, -0.05) is 6.07 Å². The molecule has 0 aliphatic rings. The van der Waals surface area contributed by atoms with Crippen LogP contribution in [0.15, 0.2) is 24.3 Å². The molecule has 6 heteroatoms. The average molecular weight is 266 g/mol. The van der Waals surface area contributed by atoms with Crippen LogP contribution in [0, 0.1) is 0 Å². The largest absolute Gasteiger partial charge is 0.416 e. The Labute approximate surface area is 102 Å². The summed E-state index contributed by atoms with van der Waals surface area (Å²) in [5.74, 6) is -0.683. The highest BCUT2D eigenvalue weighted by Crippen LogP contribution is 2.31. The lowest BCUT2D eigenvalue weighted by Gasteiger charge is -2.21. The number of rotatable bonds is 3. The second-order valence-corrected chi connectivity index (χ2v) is 3.59. The highest BCUT2D eigenvalue weighted by atomic mass is 35.5. The number of anilines is 1. The van der Waals surface area contributed by atoms with Crippen molar-refractivity contribution in [1.82, 2.24) is 0 Å². The lowest BCUT2D eigenvalue weighted by atomic mass is 10.2. The van der Waals surface area contributed by atoms with Crippen LogP contribution < -0.4 is 4.90 Å². The predicted molar refractivity (Wildman–Crippen MR) is 60.2 cm³/mol. The molecule has 0 fully saturated rings. The molecule has 0 saturated carbocycles. The van der Waals surface area contributed by atoms with E-state index < -0.39 is 17.6 Å². The maximum absolute atomic E-state index is 12.5. The van der Waals surface area contributed by atoms with Gasteiger partial charge in [-0.25, -0.2) is 0 Å². The number of carbonyl (C=O) groups is 1. The minimum atomic E-state index is -4.42. The molecule has 1 rings (SSSR count). The molecule has 2 nitrogen and oxygen atoms in total. The fourth-order valence-corrected chi connectivity index (χ4v) is 1.57. The van der Waals surface area contributed by atoms with Crippen molar-refractivity contribution < 1.29 is 18.0 Å². The summed E-state index contributed by atoms with van der Waals surface area (Å²) in [7, 11) is 0. The van der Waals surface area contributed by atoms with Gasteiger partial charge >= 0.3 is 6.18 Å². The van der Waals surface area contributed by atoms with Crippen LogP contribution in [0.5, 0.6) is 0 Å². The number of amides is 1. The van der Waals surface area contributed by atoms with Crippen molar-refractivity contribution >= 4 is 23.2 Å². The monoisotopic (exact) mass is 265 g/mol. The third kappa shape index (κ3) is 3.36. The smallest absolute Gasteiger partial charge is 0.312 e. The Morgan fingerprint density at radius 3 is 2.53 bits per heavy atom. The fraction of sp³-hybridized carbons (Fsp3) is 0.364. The maximum Gasteiger partial charge on any atom is 0.416 e. The van der Waals surface area contributed by atoms with Gasteiger partial charge in [-0.3, -0.25) is 4.79 Å². The number of hydrogen-bond acceptors (Lipinski definition) is 1. The Morgan fingerprint density at radius 1 is 1.41 bits per heavy atom. The SMILES string of the molecule is CCN(C(=O)CCl)c1cccc(C(F)(F)F)c1. The predicted octanol–water partition coefficient (Wildman–Crippen LogP) is 3.30. The molecule has 0 radical (unpaired) electrons. The van der Waals surface area contributed by atoms with E-state index in [0.29, 0.717) is 0 Å². The first kappa shape index (κ1) is 13.8. The van der Waals surface area contributed by atoms with Crippen molar-refractivity contribution in [1.29, 1.82) is 0 Å². The van der Waals surface area contributed by atoms with Crippen LogP contribution in [-0.4, -0.2) is 18.3 Å². The molecule has 1 amide bonds. The van der Waals surface area contributed by atoms with Crippen molar-refractivity contribution in [3.05, 3.63) is 29.8 Å². The highest BCUT2D eigenvalue weighted by molar-refractivity contribution is 6.29. The molecule has 0 spiro atoms. The zero-order valence-electron chi connectivity index (χ0n) is 9.09. The van der Waals surface area contributed by atoms with Crippen molar-refractivity contribution in [3.8, 4) is 0 Å². The molecule has 17 heavy (non-hydrogen) atoms. The number of carbonyl (C=O) groups excluding carboxylic acids is 1. The number of halogens is 4. The van der Waals surface area contributed by atoms with Crippen LogP contribution >= 0.6 is 11.6 Å². The third-order valence-electron chi connectivity index (χ3n) is 2.22. The van der Waals surface area contributed by atoms with Gasteiger partial charge in [0.05, 0.1) is 5.56 Å². The standard InChI is InChI=1S/C11H11ClF3NO/c1-2-16(10(17)7-12)9-5-3-4-8(6-9)11(13,14)15/h3-6H,2,7H2,1H3. The van der Waals surface area contributed by atoms with Gasteiger partial charge in [0, 0.05) is 12.2 Å². The molecule has 0 heterocycles. The molecule has 0 aliphatic carbocycles. The van der Waals surface area contributed by atoms with Crippen LogP contribution in [0.1, 0.15) is 12.5 Å².